The lowest BCUT2D eigenvalue weighted by Crippen LogP contribution is -2.26. The third-order valence-electron chi connectivity index (χ3n) is 3.14. The van der Waals surface area contributed by atoms with Gasteiger partial charge < -0.3 is 20.7 Å². The number of carbonyl (C=O) groups excluding carboxylic acids is 2. The summed E-state index contributed by atoms with van der Waals surface area (Å²) >= 11 is 0. The Morgan fingerprint density at radius 2 is 1.43 bits per heavy atom. The zero-order chi connectivity index (χ0) is 16.7. The van der Waals surface area contributed by atoms with E-state index in [1.807, 2.05) is 18.2 Å². The molecule has 6 heteroatoms. The first-order valence-electron chi connectivity index (χ1n) is 7.15. The Balaban J connectivity index is 1.97. The minimum absolute atomic E-state index is 0.251. The van der Waals surface area contributed by atoms with Crippen LogP contribution in [0.3, 0.4) is 0 Å². The Morgan fingerprint density at radius 1 is 0.870 bits per heavy atom. The molecule has 1 atom stereocenters. The van der Waals surface area contributed by atoms with Gasteiger partial charge in [-0.1, -0.05) is 24.3 Å². The molecule has 0 aliphatic heterocycles. The molecule has 0 radical (unpaired) electrons. The molecule has 2 aromatic rings. The molecule has 0 aliphatic carbocycles. The highest BCUT2D eigenvalue weighted by atomic mass is 16.5. The molecule has 0 spiro atoms. The van der Waals surface area contributed by atoms with Crippen molar-refractivity contribution >= 4 is 29.0 Å². The highest BCUT2D eigenvalue weighted by Crippen LogP contribution is 2.16. The Bertz CT molecular complexity index is 674. The van der Waals surface area contributed by atoms with Crippen molar-refractivity contribution in [3.05, 3.63) is 54.6 Å². The van der Waals surface area contributed by atoms with Crippen molar-refractivity contribution < 1.29 is 14.3 Å². The van der Waals surface area contributed by atoms with Gasteiger partial charge in [-0.05, 0) is 37.3 Å². The maximum atomic E-state index is 11.9. The van der Waals surface area contributed by atoms with Crippen LogP contribution in [-0.2, 0) is 9.53 Å². The maximum absolute atomic E-state index is 11.9. The van der Waals surface area contributed by atoms with Crippen molar-refractivity contribution in [3.8, 4) is 0 Å². The van der Waals surface area contributed by atoms with Gasteiger partial charge in [-0.25, -0.2) is 4.79 Å². The van der Waals surface area contributed by atoms with E-state index in [1.165, 1.54) is 7.11 Å². The molecule has 0 saturated heterocycles. The molecule has 3 amide bonds. The summed E-state index contributed by atoms with van der Waals surface area (Å²) in [6.07, 6.45) is -0.548. The van der Waals surface area contributed by atoms with Crippen LogP contribution in [0.15, 0.2) is 54.6 Å². The first-order valence-corrected chi connectivity index (χ1v) is 7.15. The Morgan fingerprint density at radius 3 is 2.09 bits per heavy atom. The molecule has 0 aliphatic rings. The van der Waals surface area contributed by atoms with Gasteiger partial charge in [-0.15, -0.1) is 0 Å². The van der Waals surface area contributed by atoms with Crippen molar-refractivity contribution in [2.75, 3.05) is 23.1 Å². The number of ether oxygens (including phenoxy) is 1. The molecule has 2 rings (SSSR count). The van der Waals surface area contributed by atoms with Gasteiger partial charge >= 0.3 is 6.03 Å². The van der Waals surface area contributed by atoms with Crippen molar-refractivity contribution in [1.82, 2.24) is 0 Å². The Hall–Kier alpha value is -2.86. The number of urea groups is 1. The summed E-state index contributed by atoms with van der Waals surface area (Å²) in [5, 5.41) is 8.16. The summed E-state index contributed by atoms with van der Waals surface area (Å²) in [7, 11) is 1.47. The van der Waals surface area contributed by atoms with Gasteiger partial charge in [0.15, 0.2) is 0 Å². The summed E-state index contributed by atoms with van der Waals surface area (Å²) in [5.41, 5.74) is 1.85. The number of rotatable bonds is 5. The van der Waals surface area contributed by atoms with Crippen molar-refractivity contribution in [3.63, 3.8) is 0 Å². The van der Waals surface area contributed by atoms with E-state index in [2.05, 4.69) is 16.0 Å². The number of hydrogen-bond acceptors (Lipinski definition) is 3. The fraction of sp³-hybridized carbons (Fsp3) is 0.176. The van der Waals surface area contributed by atoms with E-state index < -0.39 is 6.10 Å². The third-order valence-corrected chi connectivity index (χ3v) is 3.14. The van der Waals surface area contributed by atoms with Crippen LogP contribution in [-0.4, -0.2) is 25.2 Å². The third kappa shape index (κ3) is 5.12. The zero-order valence-corrected chi connectivity index (χ0v) is 13.0. The fourth-order valence-corrected chi connectivity index (χ4v) is 1.84. The van der Waals surface area contributed by atoms with Gasteiger partial charge in [0.1, 0.15) is 6.10 Å². The van der Waals surface area contributed by atoms with Crippen LogP contribution in [0.4, 0.5) is 21.9 Å². The van der Waals surface area contributed by atoms with E-state index in [9.17, 15) is 9.59 Å². The number of carbonyl (C=O) groups is 2. The summed E-state index contributed by atoms with van der Waals surface area (Å²) in [4.78, 5) is 23.7. The quantitative estimate of drug-likeness (QED) is 0.792. The largest absolute Gasteiger partial charge is 0.372 e. The topological polar surface area (TPSA) is 79.5 Å². The lowest BCUT2D eigenvalue weighted by Gasteiger charge is -2.12. The SMILES string of the molecule is CO[C@@H](C)C(=O)Nc1cccc(NC(=O)Nc2ccccc2)c1. The van der Waals surface area contributed by atoms with Crippen LogP contribution in [0.2, 0.25) is 0 Å². The van der Waals surface area contributed by atoms with Crippen LogP contribution in [0.5, 0.6) is 0 Å². The second-order valence-corrected chi connectivity index (χ2v) is 4.89. The minimum Gasteiger partial charge on any atom is -0.372 e. The van der Waals surface area contributed by atoms with Gasteiger partial charge in [0.05, 0.1) is 0 Å². The molecule has 0 saturated carbocycles. The van der Waals surface area contributed by atoms with Crippen LogP contribution in [0.25, 0.3) is 0 Å². The number of amides is 3. The van der Waals surface area contributed by atoms with E-state index in [-0.39, 0.29) is 11.9 Å². The predicted octanol–water partition coefficient (Wildman–Crippen LogP) is 3.30. The number of hydrogen-bond donors (Lipinski definition) is 3. The molecule has 3 N–H and O–H groups in total. The monoisotopic (exact) mass is 313 g/mol. The number of nitrogens with one attached hydrogen (secondary N) is 3. The van der Waals surface area contributed by atoms with Gasteiger partial charge in [-0.2, -0.15) is 0 Å². The molecule has 6 nitrogen and oxygen atoms in total. The maximum Gasteiger partial charge on any atom is 0.323 e. The lowest BCUT2D eigenvalue weighted by molar-refractivity contribution is -0.124. The van der Waals surface area contributed by atoms with E-state index in [4.69, 9.17) is 4.74 Å². The van der Waals surface area contributed by atoms with Gasteiger partial charge in [-0.3, -0.25) is 4.79 Å². The molecule has 23 heavy (non-hydrogen) atoms. The van der Waals surface area contributed by atoms with Crippen molar-refractivity contribution in [2.45, 2.75) is 13.0 Å². The lowest BCUT2D eigenvalue weighted by atomic mass is 10.2. The summed E-state index contributed by atoms with van der Waals surface area (Å²) < 4.78 is 4.95. The molecule has 0 aromatic heterocycles. The van der Waals surface area contributed by atoms with Crippen LogP contribution in [0, 0.1) is 0 Å². The van der Waals surface area contributed by atoms with Crippen LogP contribution < -0.4 is 16.0 Å². The van der Waals surface area contributed by atoms with E-state index in [0.29, 0.717) is 17.1 Å². The average molecular weight is 313 g/mol. The van der Waals surface area contributed by atoms with Crippen molar-refractivity contribution in [1.29, 1.82) is 0 Å². The minimum atomic E-state index is -0.548. The second-order valence-electron chi connectivity index (χ2n) is 4.89. The van der Waals surface area contributed by atoms with E-state index in [1.54, 1.807) is 43.3 Å². The van der Waals surface area contributed by atoms with Gasteiger partial charge in [0, 0.05) is 24.2 Å². The van der Waals surface area contributed by atoms with Crippen LogP contribution >= 0.6 is 0 Å². The average Bonchev–Trinajstić information content (AvgIpc) is 2.55. The molecular weight excluding hydrogens is 294 g/mol. The highest BCUT2D eigenvalue weighted by Gasteiger charge is 2.11. The first-order chi connectivity index (χ1) is 11.1. The highest BCUT2D eigenvalue weighted by molar-refractivity contribution is 6.00. The Kier molecular flexibility index (Phi) is 5.71. The molecular formula is C17H19N3O3. The molecule has 120 valence electrons. The van der Waals surface area contributed by atoms with Gasteiger partial charge in [0.2, 0.25) is 0 Å². The first kappa shape index (κ1) is 16.5. The van der Waals surface area contributed by atoms with Gasteiger partial charge in [0.25, 0.3) is 5.91 Å². The molecule has 2 aromatic carbocycles. The normalized spacial score (nSPS) is 11.4. The second kappa shape index (κ2) is 7.95. The zero-order valence-electron chi connectivity index (χ0n) is 13.0. The van der Waals surface area contributed by atoms with Crippen LogP contribution in [0.1, 0.15) is 6.92 Å². The fourth-order valence-electron chi connectivity index (χ4n) is 1.84. The standard InChI is InChI=1S/C17H19N3O3/c1-12(23-2)16(21)18-14-9-6-10-15(11-14)20-17(22)19-13-7-4-3-5-8-13/h3-12H,1-2H3,(H,18,21)(H2,19,20,22)/t12-/m0/s1. The molecule has 0 bridgehead atoms. The predicted molar refractivity (Wildman–Crippen MR) is 90.6 cm³/mol. The number of methoxy groups -OCH3 is 1. The number of benzene rings is 2. The summed E-state index contributed by atoms with van der Waals surface area (Å²) in [6, 6.07) is 15.7. The smallest absolute Gasteiger partial charge is 0.323 e. The summed E-state index contributed by atoms with van der Waals surface area (Å²) in [5.74, 6) is -0.251. The number of anilines is 3. The molecule has 0 unspecified atom stereocenters. The number of para-hydroxylation sites is 1. The van der Waals surface area contributed by atoms with E-state index in [0.717, 1.165) is 0 Å². The summed E-state index contributed by atoms with van der Waals surface area (Å²) in [6.45, 7) is 1.66. The Labute approximate surface area is 134 Å². The van der Waals surface area contributed by atoms with Crippen molar-refractivity contribution in [2.24, 2.45) is 0 Å². The molecule has 0 fully saturated rings. The molecule has 0 heterocycles. The van der Waals surface area contributed by atoms with E-state index >= 15 is 0 Å².